The first-order valence-corrected chi connectivity index (χ1v) is 7.29. The highest BCUT2D eigenvalue weighted by atomic mass is 19.1. The number of benzene rings is 1. The molecular weight excluding hydrogens is 281 g/mol. The number of piperidine rings is 1. The molecule has 5 nitrogen and oxygen atoms in total. The van der Waals surface area contributed by atoms with E-state index >= 15 is 0 Å². The molecule has 22 heavy (non-hydrogen) atoms. The second-order valence-corrected chi connectivity index (χ2v) is 5.30. The molecule has 2 atom stereocenters. The van der Waals surface area contributed by atoms with Crippen molar-refractivity contribution < 1.29 is 4.39 Å². The summed E-state index contributed by atoms with van der Waals surface area (Å²) in [6.45, 7) is 6.39. The lowest BCUT2D eigenvalue weighted by atomic mass is 10.0. The lowest BCUT2D eigenvalue weighted by molar-refractivity contribution is 0.269. The fraction of sp³-hybridized carbons (Fsp3) is 0.438. The first-order valence-electron chi connectivity index (χ1n) is 7.29. The van der Waals surface area contributed by atoms with Crippen LogP contribution in [0.2, 0.25) is 0 Å². The summed E-state index contributed by atoms with van der Waals surface area (Å²) in [6, 6.07) is 3.63. The monoisotopic (exact) mass is 303 g/mol. The van der Waals surface area contributed by atoms with Gasteiger partial charge in [-0.05, 0) is 32.2 Å². The van der Waals surface area contributed by atoms with Crippen LogP contribution < -0.4 is 10.6 Å². The zero-order valence-electron chi connectivity index (χ0n) is 13.0. The molecule has 0 unspecified atom stereocenters. The first kappa shape index (κ1) is 16.3. The standard InChI is InChI=1S/C16H22FN5/c1-4-21-15-11(8-19-2)5-6-14(16(15)20-3)22-9-12(17)7-13(18)10-22/h4-6,8,12-13H,3,7,9-10,18H2,1-2H3/b19-8-,21-4-/t12-,13+/m1/s1. The molecule has 0 bridgehead atoms. The molecule has 1 fully saturated rings. The van der Waals surface area contributed by atoms with E-state index in [4.69, 9.17) is 5.73 Å². The number of nitrogens with two attached hydrogens (primary N) is 1. The smallest absolute Gasteiger partial charge is 0.119 e. The molecule has 6 heteroatoms. The van der Waals surface area contributed by atoms with Gasteiger partial charge < -0.3 is 10.6 Å². The van der Waals surface area contributed by atoms with Gasteiger partial charge in [-0.15, -0.1) is 0 Å². The third-order valence-electron chi connectivity index (χ3n) is 3.62. The zero-order valence-corrected chi connectivity index (χ0v) is 13.0. The van der Waals surface area contributed by atoms with Crippen molar-refractivity contribution in [3.8, 4) is 0 Å². The van der Waals surface area contributed by atoms with Gasteiger partial charge in [-0.2, -0.15) is 0 Å². The van der Waals surface area contributed by atoms with Gasteiger partial charge in [0.1, 0.15) is 11.9 Å². The van der Waals surface area contributed by atoms with Crippen molar-refractivity contribution in [1.82, 2.24) is 0 Å². The van der Waals surface area contributed by atoms with Gasteiger partial charge in [0.05, 0.1) is 11.4 Å². The number of anilines is 1. The van der Waals surface area contributed by atoms with Gasteiger partial charge >= 0.3 is 0 Å². The Morgan fingerprint density at radius 3 is 2.73 bits per heavy atom. The number of rotatable bonds is 4. The van der Waals surface area contributed by atoms with E-state index in [1.807, 2.05) is 24.0 Å². The van der Waals surface area contributed by atoms with Gasteiger partial charge in [0.2, 0.25) is 0 Å². The van der Waals surface area contributed by atoms with Crippen LogP contribution in [-0.2, 0) is 0 Å². The normalized spacial score (nSPS) is 22.6. The summed E-state index contributed by atoms with van der Waals surface area (Å²) in [5, 5.41) is 0. The van der Waals surface area contributed by atoms with Crippen LogP contribution in [0.25, 0.3) is 0 Å². The van der Waals surface area contributed by atoms with Crippen LogP contribution in [-0.4, -0.2) is 51.5 Å². The number of alkyl halides is 1. The summed E-state index contributed by atoms with van der Waals surface area (Å²) in [4.78, 5) is 14.5. The maximum Gasteiger partial charge on any atom is 0.119 e. The lowest BCUT2D eigenvalue weighted by Crippen LogP contribution is -2.48. The minimum atomic E-state index is -0.934. The molecular formula is C16H22FN5. The number of hydrogen-bond acceptors (Lipinski definition) is 5. The fourth-order valence-corrected chi connectivity index (χ4v) is 2.77. The minimum absolute atomic E-state index is 0.184. The zero-order chi connectivity index (χ0) is 16.1. The van der Waals surface area contributed by atoms with Gasteiger partial charge in [0, 0.05) is 44.2 Å². The van der Waals surface area contributed by atoms with Crippen LogP contribution in [0.3, 0.4) is 0 Å². The van der Waals surface area contributed by atoms with Crippen molar-refractivity contribution in [2.24, 2.45) is 20.7 Å². The highest BCUT2D eigenvalue weighted by molar-refractivity contribution is 5.96. The van der Waals surface area contributed by atoms with Crippen molar-refractivity contribution in [2.75, 3.05) is 25.0 Å². The molecule has 0 amide bonds. The molecule has 0 aliphatic carbocycles. The van der Waals surface area contributed by atoms with E-state index in [1.54, 1.807) is 19.5 Å². The Kier molecular flexibility index (Phi) is 5.38. The largest absolute Gasteiger partial charge is 0.365 e. The molecule has 1 aliphatic rings. The summed E-state index contributed by atoms with van der Waals surface area (Å²) in [7, 11) is 1.70. The quantitative estimate of drug-likeness (QED) is 0.869. The van der Waals surface area contributed by atoms with E-state index in [0.717, 1.165) is 11.3 Å². The SMILES string of the molecule is C=Nc1c(N2C[C@@H](N)C[C@@H](F)C2)ccc(/C=N\C)c1/N=C\C. The van der Waals surface area contributed by atoms with Crippen LogP contribution >= 0.6 is 0 Å². The van der Waals surface area contributed by atoms with Crippen LogP contribution in [0, 0.1) is 0 Å². The molecule has 0 saturated carbocycles. The average Bonchev–Trinajstić information content (AvgIpc) is 2.48. The summed E-state index contributed by atoms with van der Waals surface area (Å²) in [5.41, 5.74) is 8.92. The van der Waals surface area contributed by atoms with Crippen molar-refractivity contribution in [3.05, 3.63) is 17.7 Å². The van der Waals surface area contributed by atoms with Gasteiger partial charge in [0.25, 0.3) is 0 Å². The molecule has 1 saturated heterocycles. The second-order valence-electron chi connectivity index (χ2n) is 5.30. The van der Waals surface area contributed by atoms with E-state index in [0.29, 0.717) is 30.9 Å². The third-order valence-corrected chi connectivity index (χ3v) is 3.62. The lowest BCUT2D eigenvalue weighted by Gasteiger charge is -2.35. The molecule has 1 aromatic rings. The fourth-order valence-electron chi connectivity index (χ4n) is 2.77. The molecule has 1 heterocycles. The van der Waals surface area contributed by atoms with E-state index < -0.39 is 6.17 Å². The Balaban J connectivity index is 2.52. The van der Waals surface area contributed by atoms with Crippen LogP contribution in [0.1, 0.15) is 18.9 Å². The predicted molar refractivity (Wildman–Crippen MR) is 92.7 cm³/mol. The van der Waals surface area contributed by atoms with Crippen molar-refractivity contribution in [3.63, 3.8) is 0 Å². The van der Waals surface area contributed by atoms with Gasteiger partial charge in [0.15, 0.2) is 0 Å². The second kappa shape index (κ2) is 7.26. The molecule has 0 aromatic heterocycles. The molecule has 1 aromatic carbocycles. The van der Waals surface area contributed by atoms with E-state index in [-0.39, 0.29) is 6.04 Å². The van der Waals surface area contributed by atoms with E-state index in [2.05, 4.69) is 21.7 Å². The Labute approximate surface area is 130 Å². The number of hydrogen-bond donors (Lipinski definition) is 1. The summed E-state index contributed by atoms with van der Waals surface area (Å²) in [6.07, 6.45) is 2.88. The molecule has 2 N–H and O–H groups in total. The topological polar surface area (TPSA) is 66.3 Å². The third kappa shape index (κ3) is 3.39. The summed E-state index contributed by atoms with van der Waals surface area (Å²) < 4.78 is 13.8. The van der Waals surface area contributed by atoms with Crippen molar-refractivity contribution in [1.29, 1.82) is 0 Å². The summed E-state index contributed by atoms with van der Waals surface area (Å²) in [5.74, 6) is 0. The number of aliphatic imine (C=N–C) groups is 3. The molecule has 1 aliphatic heterocycles. The highest BCUT2D eigenvalue weighted by Crippen LogP contribution is 2.40. The maximum atomic E-state index is 13.8. The number of halogens is 1. The molecule has 0 spiro atoms. The first-order chi connectivity index (χ1) is 10.6. The Bertz CT molecular complexity index is 586. The molecule has 2 rings (SSSR count). The Hall–Kier alpha value is -2.08. The van der Waals surface area contributed by atoms with E-state index in [9.17, 15) is 4.39 Å². The van der Waals surface area contributed by atoms with Crippen molar-refractivity contribution in [2.45, 2.75) is 25.6 Å². The van der Waals surface area contributed by atoms with Gasteiger partial charge in [-0.1, -0.05) is 0 Å². The van der Waals surface area contributed by atoms with Crippen LogP contribution in [0.15, 0.2) is 27.1 Å². The maximum absolute atomic E-state index is 13.8. The van der Waals surface area contributed by atoms with Crippen LogP contribution in [0.4, 0.5) is 21.5 Å². The van der Waals surface area contributed by atoms with Crippen molar-refractivity contribution >= 4 is 36.2 Å². The summed E-state index contributed by atoms with van der Waals surface area (Å²) >= 11 is 0. The van der Waals surface area contributed by atoms with E-state index in [1.165, 1.54) is 0 Å². The minimum Gasteiger partial charge on any atom is -0.365 e. The number of nitrogens with zero attached hydrogens (tertiary/aromatic N) is 4. The Morgan fingerprint density at radius 2 is 2.14 bits per heavy atom. The highest BCUT2D eigenvalue weighted by Gasteiger charge is 2.27. The average molecular weight is 303 g/mol. The van der Waals surface area contributed by atoms with Gasteiger partial charge in [-0.25, -0.2) is 4.39 Å². The molecule has 118 valence electrons. The molecule has 0 radical (unpaired) electrons. The Morgan fingerprint density at radius 1 is 1.36 bits per heavy atom. The van der Waals surface area contributed by atoms with Crippen LogP contribution in [0.5, 0.6) is 0 Å². The van der Waals surface area contributed by atoms with Gasteiger partial charge in [-0.3, -0.25) is 15.0 Å². The predicted octanol–water partition coefficient (Wildman–Crippen LogP) is 2.67.